The number of ether oxygens (including phenoxy) is 1. The van der Waals surface area contributed by atoms with E-state index in [0.717, 1.165) is 16.9 Å². The first-order chi connectivity index (χ1) is 8.88. The molecule has 0 saturated heterocycles. The van der Waals surface area contributed by atoms with Crippen LogP contribution in [0.5, 0.6) is 5.75 Å². The molecule has 0 aromatic heterocycles. The zero-order valence-corrected chi connectivity index (χ0v) is 10.2. The number of benzene rings is 2. The normalized spacial score (nSPS) is 11.2. The number of hydrogen-bond donors (Lipinski definition) is 0. The van der Waals surface area contributed by atoms with E-state index in [9.17, 15) is 0 Å². The molecule has 0 atom stereocenters. The van der Waals surface area contributed by atoms with Crippen molar-refractivity contribution in [3.8, 4) is 5.75 Å². The standard InChI is InChI=1S/C15H14N2O/c1-18-15-9-7-14(8-10-15)12-17-16-11-13-5-3-2-4-6-13/h2-12H,1H3/b16-11-,17-12-. The van der Waals surface area contributed by atoms with Crippen LogP contribution in [-0.2, 0) is 0 Å². The molecule has 0 fully saturated rings. The summed E-state index contributed by atoms with van der Waals surface area (Å²) >= 11 is 0. The largest absolute Gasteiger partial charge is 0.497 e. The molecule has 0 aliphatic carbocycles. The van der Waals surface area contributed by atoms with Crippen molar-refractivity contribution < 1.29 is 4.74 Å². The minimum absolute atomic E-state index is 0.833. The Balaban J connectivity index is 1.96. The second kappa shape index (κ2) is 6.35. The summed E-state index contributed by atoms with van der Waals surface area (Å²) in [4.78, 5) is 0. The van der Waals surface area contributed by atoms with Crippen molar-refractivity contribution in [3.05, 3.63) is 65.7 Å². The second-order valence-corrected chi connectivity index (χ2v) is 3.67. The number of nitrogens with zero attached hydrogens (tertiary/aromatic N) is 2. The van der Waals surface area contributed by atoms with Crippen LogP contribution >= 0.6 is 0 Å². The van der Waals surface area contributed by atoms with Crippen LogP contribution in [0.25, 0.3) is 0 Å². The molecule has 90 valence electrons. The van der Waals surface area contributed by atoms with Gasteiger partial charge in [-0.1, -0.05) is 30.3 Å². The highest BCUT2D eigenvalue weighted by Crippen LogP contribution is 2.09. The minimum Gasteiger partial charge on any atom is -0.497 e. The van der Waals surface area contributed by atoms with E-state index < -0.39 is 0 Å². The Labute approximate surface area is 106 Å². The van der Waals surface area contributed by atoms with Crippen LogP contribution in [0.1, 0.15) is 11.1 Å². The molecular weight excluding hydrogens is 224 g/mol. The predicted octanol–water partition coefficient (Wildman–Crippen LogP) is 3.15. The van der Waals surface area contributed by atoms with Crippen LogP contribution in [0.3, 0.4) is 0 Å². The third kappa shape index (κ3) is 3.56. The number of rotatable bonds is 4. The molecule has 0 bridgehead atoms. The monoisotopic (exact) mass is 238 g/mol. The Kier molecular flexibility index (Phi) is 4.25. The summed E-state index contributed by atoms with van der Waals surface area (Å²) in [6, 6.07) is 17.5. The van der Waals surface area contributed by atoms with Crippen molar-refractivity contribution in [2.24, 2.45) is 10.2 Å². The lowest BCUT2D eigenvalue weighted by molar-refractivity contribution is 0.415. The quantitative estimate of drug-likeness (QED) is 0.595. The van der Waals surface area contributed by atoms with E-state index in [0.29, 0.717) is 0 Å². The first-order valence-electron chi connectivity index (χ1n) is 5.64. The summed E-state index contributed by atoms with van der Waals surface area (Å²) in [5, 5.41) is 7.99. The summed E-state index contributed by atoms with van der Waals surface area (Å²) in [6.07, 6.45) is 3.43. The summed E-state index contributed by atoms with van der Waals surface area (Å²) < 4.78 is 5.08. The maximum absolute atomic E-state index is 5.08. The van der Waals surface area contributed by atoms with Crippen LogP contribution in [0, 0.1) is 0 Å². The fourth-order valence-corrected chi connectivity index (χ4v) is 1.43. The van der Waals surface area contributed by atoms with Crippen LogP contribution in [0.2, 0.25) is 0 Å². The van der Waals surface area contributed by atoms with E-state index >= 15 is 0 Å². The minimum atomic E-state index is 0.833. The molecule has 3 nitrogen and oxygen atoms in total. The number of hydrogen-bond acceptors (Lipinski definition) is 3. The third-order valence-corrected chi connectivity index (χ3v) is 2.40. The Morgan fingerprint density at radius 1 is 0.778 bits per heavy atom. The van der Waals surface area contributed by atoms with Gasteiger partial charge >= 0.3 is 0 Å². The lowest BCUT2D eigenvalue weighted by Gasteiger charge is -1.97. The zero-order valence-electron chi connectivity index (χ0n) is 10.2. The van der Waals surface area contributed by atoms with Gasteiger partial charge in [-0.3, -0.25) is 0 Å². The molecule has 2 aromatic carbocycles. The van der Waals surface area contributed by atoms with E-state index in [1.165, 1.54) is 0 Å². The van der Waals surface area contributed by atoms with Crippen molar-refractivity contribution in [2.45, 2.75) is 0 Å². The molecular formula is C15H14N2O. The molecule has 18 heavy (non-hydrogen) atoms. The summed E-state index contributed by atoms with van der Waals surface area (Å²) in [7, 11) is 1.65. The lowest BCUT2D eigenvalue weighted by Crippen LogP contribution is -1.84. The van der Waals surface area contributed by atoms with Crippen LogP contribution < -0.4 is 4.74 Å². The molecule has 0 amide bonds. The molecule has 0 aliphatic rings. The van der Waals surface area contributed by atoms with Crippen LogP contribution in [0.15, 0.2) is 64.8 Å². The molecule has 2 aromatic rings. The van der Waals surface area contributed by atoms with Gasteiger partial charge in [0.1, 0.15) is 5.75 Å². The van der Waals surface area contributed by atoms with Gasteiger partial charge in [0.05, 0.1) is 19.5 Å². The van der Waals surface area contributed by atoms with Crippen molar-refractivity contribution in [1.82, 2.24) is 0 Å². The summed E-state index contributed by atoms with van der Waals surface area (Å²) in [6.45, 7) is 0. The molecule has 0 radical (unpaired) electrons. The van der Waals surface area contributed by atoms with E-state index in [2.05, 4.69) is 10.2 Å². The molecule has 0 saturated carbocycles. The summed E-state index contributed by atoms with van der Waals surface area (Å²) in [5.41, 5.74) is 2.02. The molecule has 0 spiro atoms. The molecule has 3 heteroatoms. The Hall–Kier alpha value is -2.42. The van der Waals surface area contributed by atoms with Gasteiger partial charge in [-0.15, -0.1) is 0 Å². The SMILES string of the molecule is COc1ccc(/C=N\N=C/c2ccccc2)cc1. The topological polar surface area (TPSA) is 34.0 Å². The molecule has 0 heterocycles. The van der Waals surface area contributed by atoms with Crippen LogP contribution in [-0.4, -0.2) is 19.5 Å². The number of methoxy groups -OCH3 is 1. The van der Waals surface area contributed by atoms with Crippen molar-refractivity contribution >= 4 is 12.4 Å². The highest BCUT2D eigenvalue weighted by molar-refractivity contribution is 5.82. The highest BCUT2D eigenvalue weighted by Gasteiger charge is 1.89. The van der Waals surface area contributed by atoms with Gasteiger partial charge < -0.3 is 4.74 Å². The summed E-state index contributed by atoms with van der Waals surface area (Å²) in [5.74, 6) is 0.833. The Morgan fingerprint density at radius 2 is 1.33 bits per heavy atom. The van der Waals surface area contributed by atoms with E-state index in [4.69, 9.17) is 4.74 Å². The Bertz CT molecular complexity index is 530. The average molecular weight is 238 g/mol. The molecule has 2 rings (SSSR count). The first-order valence-corrected chi connectivity index (χ1v) is 5.64. The maximum Gasteiger partial charge on any atom is 0.118 e. The van der Waals surface area contributed by atoms with Gasteiger partial charge in [0.15, 0.2) is 0 Å². The molecule has 0 unspecified atom stereocenters. The average Bonchev–Trinajstić information content (AvgIpc) is 2.45. The van der Waals surface area contributed by atoms with E-state index in [1.807, 2.05) is 54.6 Å². The first kappa shape index (κ1) is 12.0. The van der Waals surface area contributed by atoms with Crippen molar-refractivity contribution in [1.29, 1.82) is 0 Å². The maximum atomic E-state index is 5.08. The van der Waals surface area contributed by atoms with Gasteiger partial charge in [0, 0.05) is 0 Å². The second-order valence-electron chi connectivity index (χ2n) is 3.67. The molecule has 0 N–H and O–H groups in total. The van der Waals surface area contributed by atoms with Crippen molar-refractivity contribution in [2.75, 3.05) is 7.11 Å². The van der Waals surface area contributed by atoms with Gasteiger partial charge in [-0.05, 0) is 35.4 Å². The molecule has 0 aliphatic heterocycles. The third-order valence-electron chi connectivity index (χ3n) is 2.40. The fourth-order valence-electron chi connectivity index (χ4n) is 1.43. The van der Waals surface area contributed by atoms with Gasteiger partial charge in [-0.25, -0.2) is 0 Å². The van der Waals surface area contributed by atoms with Gasteiger partial charge in [-0.2, -0.15) is 10.2 Å². The Morgan fingerprint density at radius 3 is 1.89 bits per heavy atom. The van der Waals surface area contributed by atoms with E-state index in [-0.39, 0.29) is 0 Å². The predicted molar refractivity (Wildman–Crippen MR) is 74.6 cm³/mol. The zero-order chi connectivity index (χ0) is 12.6. The lowest BCUT2D eigenvalue weighted by atomic mass is 10.2. The highest BCUT2D eigenvalue weighted by atomic mass is 16.5. The smallest absolute Gasteiger partial charge is 0.118 e. The van der Waals surface area contributed by atoms with E-state index in [1.54, 1.807) is 19.5 Å². The van der Waals surface area contributed by atoms with Gasteiger partial charge in [0.25, 0.3) is 0 Å². The van der Waals surface area contributed by atoms with Gasteiger partial charge in [0.2, 0.25) is 0 Å². The van der Waals surface area contributed by atoms with Crippen LogP contribution in [0.4, 0.5) is 0 Å². The fraction of sp³-hybridized carbons (Fsp3) is 0.0667. The van der Waals surface area contributed by atoms with Crippen molar-refractivity contribution in [3.63, 3.8) is 0 Å².